The zero-order chi connectivity index (χ0) is 24.2. The molecule has 5 heteroatoms. The van der Waals surface area contributed by atoms with Gasteiger partial charge in [-0.2, -0.15) is 10.5 Å². The molecule has 0 aliphatic rings. The van der Waals surface area contributed by atoms with Crippen LogP contribution in [-0.4, -0.2) is 9.55 Å². The quantitative estimate of drug-likeness (QED) is 0.255. The van der Waals surface area contributed by atoms with E-state index in [9.17, 15) is 10.5 Å². The van der Waals surface area contributed by atoms with Crippen molar-refractivity contribution in [3.63, 3.8) is 0 Å². The van der Waals surface area contributed by atoms with Gasteiger partial charge in [0.2, 0.25) is 0 Å². The van der Waals surface area contributed by atoms with Crippen molar-refractivity contribution in [2.75, 3.05) is 0 Å². The Kier molecular flexibility index (Phi) is 5.82. The lowest BCUT2D eigenvalue weighted by Gasteiger charge is -2.09. The Balaban J connectivity index is 1.72. The van der Waals surface area contributed by atoms with Gasteiger partial charge >= 0.3 is 0 Å². The molecule has 5 rings (SSSR count). The predicted molar refractivity (Wildman–Crippen MR) is 139 cm³/mol. The van der Waals surface area contributed by atoms with E-state index in [1.807, 2.05) is 30.3 Å². The summed E-state index contributed by atoms with van der Waals surface area (Å²) in [7, 11) is 0. The Morgan fingerprint density at radius 3 is 2.43 bits per heavy atom. The summed E-state index contributed by atoms with van der Waals surface area (Å²) < 4.78 is 2.25. The topological polar surface area (TPSA) is 91.4 Å². The molecule has 0 spiro atoms. The average molecular weight is 452 g/mol. The SMILES string of the molecule is N#CC(/C=C\N)=C/Cc1ccc2c3ccc(-c4cc(C#N)ccn4)cc3n(-c3ccccc3)c2c1. The van der Waals surface area contributed by atoms with Gasteiger partial charge in [-0.1, -0.05) is 48.5 Å². The largest absolute Gasteiger partial charge is 0.405 e. The molecule has 2 N–H and O–H groups in total. The van der Waals surface area contributed by atoms with E-state index in [-0.39, 0.29) is 0 Å². The maximum absolute atomic E-state index is 9.30. The first-order chi connectivity index (χ1) is 17.2. The maximum atomic E-state index is 9.30. The second-order valence-electron chi connectivity index (χ2n) is 8.13. The van der Waals surface area contributed by atoms with Crippen molar-refractivity contribution in [2.24, 2.45) is 5.73 Å². The number of nitrogens with two attached hydrogens (primary N) is 1. The van der Waals surface area contributed by atoms with Crippen LogP contribution in [0.25, 0.3) is 38.8 Å². The van der Waals surface area contributed by atoms with Crippen molar-refractivity contribution in [2.45, 2.75) is 6.42 Å². The third kappa shape index (κ3) is 4.15. The summed E-state index contributed by atoms with van der Waals surface area (Å²) in [5.41, 5.74) is 12.6. The molecule has 2 aromatic heterocycles. The van der Waals surface area contributed by atoms with Crippen LogP contribution < -0.4 is 5.73 Å². The molecule has 0 atom stereocenters. The molecule has 5 aromatic rings. The number of pyridine rings is 1. The van der Waals surface area contributed by atoms with E-state index in [4.69, 9.17) is 5.73 Å². The Bertz CT molecular complexity index is 1690. The zero-order valence-electron chi connectivity index (χ0n) is 18.9. The average Bonchev–Trinajstić information content (AvgIpc) is 3.24. The van der Waals surface area contributed by atoms with Crippen molar-refractivity contribution >= 4 is 21.8 Å². The van der Waals surface area contributed by atoms with Gasteiger partial charge in [0.1, 0.15) is 0 Å². The Morgan fingerprint density at radius 2 is 1.69 bits per heavy atom. The molecule has 35 heavy (non-hydrogen) atoms. The van der Waals surface area contributed by atoms with E-state index in [2.05, 4.69) is 70.2 Å². The van der Waals surface area contributed by atoms with E-state index in [1.54, 1.807) is 18.3 Å². The van der Waals surface area contributed by atoms with Crippen molar-refractivity contribution in [1.82, 2.24) is 9.55 Å². The molecule has 5 nitrogen and oxygen atoms in total. The van der Waals surface area contributed by atoms with Gasteiger partial charge in [0.15, 0.2) is 0 Å². The molecule has 0 bridgehead atoms. The van der Waals surface area contributed by atoms with Crippen LogP contribution in [0.3, 0.4) is 0 Å². The fourth-order valence-electron chi connectivity index (χ4n) is 4.35. The zero-order valence-corrected chi connectivity index (χ0v) is 18.9. The summed E-state index contributed by atoms with van der Waals surface area (Å²) in [5.74, 6) is 0. The molecule has 0 aliphatic carbocycles. The van der Waals surface area contributed by atoms with Gasteiger partial charge in [0.05, 0.1) is 34.4 Å². The minimum atomic E-state index is 0.535. The van der Waals surface area contributed by atoms with E-state index < -0.39 is 0 Å². The number of nitriles is 2. The molecule has 0 fully saturated rings. The minimum Gasteiger partial charge on any atom is -0.405 e. The highest BCUT2D eigenvalue weighted by molar-refractivity contribution is 6.10. The normalized spacial score (nSPS) is 11.7. The van der Waals surface area contributed by atoms with Crippen LogP contribution in [0.5, 0.6) is 0 Å². The minimum absolute atomic E-state index is 0.535. The lowest BCUT2D eigenvalue weighted by atomic mass is 10.0. The van der Waals surface area contributed by atoms with Gasteiger partial charge in [-0.15, -0.1) is 0 Å². The molecular weight excluding hydrogens is 430 g/mol. The Morgan fingerprint density at radius 1 is 0.914 bits per heavy atom. The highest BCUT2D eigenvalue weighted by Crippen LogP contribution is 2.35. The number of nitrogens with zero attached hydrogens (tertiary/aromatic N) is 4. The molecular formula is C30H21N5. The number of allylic oxidation sites excluding steroid dienone is 3. The molecule has 0 aliphatic heterocycles. The van der Waals surface area contributed by atoms with Crippen LogP contribution in [0, 0.1) is 22.7 Å². The lowest BCUT2D eigenvalue weighted by Crippen LogP contribution is -1.94. The molecule has 0 unspecified atom stereocenters. The van der Waals surface area contributed by atoms with Crippen LogP contribution in [0.4, 0.5) is 0 Å². The first-order valence-corrected chi connectivity index (χ1v) is 11.2. The van der Waals surface area contributed by atoms with Gasteiger partial charge < -0.3 is 10.3 Å². The van der Waals surface area contributed by atoms with Crippen molar-refractivity contribution in [3.8, 4) is 29.1 Å². The van der Waals surface area contributed by atoms with Gasteiger partial charge in [-0.25, -0.2) is 0 Å². The number of hydrogen-bond acceptors (Lipinski definition) is 4. The van der Waals surface area contributed by atoms with Crippen molar-refractivity contribution < 1.29 is 0 Å². The van der Waals surface area contributed by atoms with E-state index >= 15 is 0 Å². The monoisotopic (exact) mass is 451 g/mol. The number of fused-ring (bicyclic) bond motifs is 3. The molecule has 0 radical (unpaired) electrons. The lowest BCUT2D eigenvalue weighted by molar-refractivity contribution is 1.17. The molecule has 166 valence electrons. The van der Waals surface area contributed by atoms with Gasteiger partial charge in [-0.3, -0.25) is 4.98 Å². The van der Waals surface area contributed by atoms with Crippen LogP contribution in [0.1, 0.15) is 11.1 Å². The molecule has 0 saturated carbocycles. The smallest absolute Gasteiger partial charge is 0.0992 e. The third-order valence-electron chi connectivity index (χ3n) is 5.99. The van der Waals surface area contributed by atoms with Crippen molar-refractivity contribution in [3.05, 3.63) is 120 Å². The highest BCUT2D eigenvalue weighted by Gasteiger charge is 2.14. The molecule has 0 amide bonds. The number of hydrogen-bond donors (Lipinski definition) is 1. The summed E-state index contributed by atoms with van der Waals surface area (Å²) in [6, 6.07) is 30.8. The number of aromatic nitrogens is 2. The number of rotatable bonds is 5. The highest BCUT2D eigenvalue weighted by atomic mass is 15.0. The number of para-hydroxylation sites is 1. The van der Waals surface area contributed by atoms with E-state index in [1.165, 1.54) is 6.20 Å². The third-order valence-corrected chi connectivity index (χ3v) is 5.99. The first kappa shape index (κ1) is 21.7. The molecule has 0 saturated heterocycles. The predicted octanol–water partition coefficient (Wildman–Crippen LogP) is 6.18. The second kappa shape index (κ2) is 9.39. The Hall–Kier alpha value is -5.13. The van der Waals surface area contributed by atoms with Crippen LogP contribution >= 0.6 is 0 Å². The van der Waals surface area contributed by atoms with Gasteiger partial charge in [0.25, 0.3) is 0 Å². The summed E-state index contributed by atoms with van der Waals surface area (Å²) in [6.45, 7) is 0. The van der Waals surface area contributed by atoms with E-state index in [0.717, 1.165) is 44.3 Å². The fourth-order valence-corrected chi connectivity index (χ4v) is 4.35. The second-order valence-corrected chi connectivity index (χ2v) is 8.13. The molecule has 2 heterocycles. The summed E-state index contributed by atoms with van der Waals surface area (Å²) in [5, 5.41) is 20.9. The summed E-state index contributed by atoms with van der Waals surface area (Å²) in [4.78, 5) is 4.49. The first-order valence-electron chi connectivity index (χ1n) is 11.2. The Labute approximate surface area is 203 Å². The van der Waals surface area contributed by atoms with Crippen LogP contribution in [0.15, 0.2) is 109 Å². The van der Waals surface area contributed by atoms with E-state index in [0.29, 0.717) is 17.6 Å². The van der Waals surface area contributed by atoms with Crippen molar-refractivity contribution in [1.29, 1.82) is 10.5 Å². The summed E-state index contributed by atoms with van der Waals surface area (Å²) in [6.07, 6.45) is 7.15. The maximum Gasteiger partial charge on any atom is 0.0992 e. The number of benzene rings is 3. The van der Waals surface area contributed by atoms with Gasteiger partial charge in [0, 0.05) is 33.8 Å². The fraction of sp³-hybridized carbons (Fsp3) is 0.0333. The summed E-state index contributed by atoms with van der Waals surface area (Å²) >= 11 is 0. The van der Waals surface area contributed by atoms with Crippen LogP contribution in [-0.2, 0) is 6.42 Å². The van der Waals surface area contributed by atoms with Gasteiger partial charge in [-0.05, 0) is 60.7 Å². The molecule has 3 aromatic carbocycles. The van der Waals surface area contributed by atoms with Crippen LogP contribution in [0.2, 0.25) is 0 Å². The standard InChI is InChI=1S/C30H21N5/c31-14-12-22(19-32)7-6-21-8-10-26-27-11-9-24(28-16-23(20-33)13-15-34-28)18-30(27)35(29(26)17-21)25-4-2-1-3-5-25/h1-5,7-18H,6,31H2/b14-12-,22-7+.